The molecular weight excluding hydrogens is 291 g/mol. The van der Waals surface area contributed by atoms with Crippen LogP contribution >= 0.6 is 23.2 Å². The first-order valence-electron chi connectivity index (χ1n) is 6.17. The van der Waals surface area contributed by atoms with Crippen LogP contribution in [0, 0.1) is 0 Å². The predicted molar refractivity (Wildman–Crippen MR) is 88.4 cm³/mol. The normalized spacial score (nSPS) is 12.6. The maximum absolute atomic E-state index is 5.85. The lowest BCUT2D eigenvalue weighted by Gasteiger charge is -2.02. The van der Waals surface area contributed by atoms with Crippen LogP contribution in [0.15, 0.2) is 58.5 Å². The highest BCUT2D eigenvalue weighted by molar-refractivity contribution is 6.41. The van der Waals surface area contributed by atoms with Gasteiger partial charge in [0.1, 0.15) is 0 Å². The number of rotatable bonds is 3. The Kier molecular flexibility index (Phi) is 4.94. The fraction of sp³-hybridized carbons (Fsp3) is 0.125. The van der Waals surface area contributed by atoms with Gasteiger partial charge in [-0.05, 0) is 62.4 Å². The summed E-state index contributed by atoms with van der Waals surface area (Å²) in [6.07, 6.45) is 0. The molecule has 0 unspecified atom stereocenters. The van der Waals surface area contributed by atoms with Crippen LogP contribution in [-0.4, -0.2) is 11.4 Å². The molecule has 0 aliphatic heterocycles. The smallest absolute Gasteiger partial charge is 0.0634 e. The van der Waals surface area contributed by atoms with Crippen LogP contribution in [0.5, 0.6) is 0 Å². The average Bonchev–Trinajstić information content (AvgIpc) is 2.44. The summed E-state index contributed by atoms with van der Waals surface area (Å²) in [7, 11) is 0. The van der Waals surface area contributed by atoms with Gasteiger partial charge >= 0.3 is 0 Å². The fourth-order valence-corrected chi connectivity index (χ4v) is 1.83. The summed E-state index contributed by atoms with van der Waals surface area (Å²) < 4.78 is 0. The first-order chi connectivity index (χ1) is 9.54. The van der Waals surface area contributed by atoms with Crippen molar-refractivity contribution < 1.29 is 0 Å². The third-order valence-corrected chi connectivity index (χ3v) is 3.27. The molecule has 0 saturated carbocycles. The van der Waals surface area contributed by atoms with E-state index in [-0.39, 0.29) is 0 Å². The minimum absolute atomic E-state index is 0.702. The molecule has 0 fully saturated rings. The Morgan fingerprint density at radius 1 is 0.650 bits per heavy atom. The fourth-order valence-electron chi connectivity index (χ4n) is 1.58. The zero-order chi connectivity index (χ0) is 14.5. The Morgan fingerprint density at radius 2 is 0.950 bits per heavy atom. The summed E-state index contributed by atoms with van der Waals surface area (Å²) in [6, 6.07) is 14.8. The quantitative estimate of drug-likeness (QED) is 0.633. The van der Waals surface area contributed by atoms with Gasteiger partial charge in [0.25, 0.3) is 0 Å². The van der Waals surface area contributed by atoms with Gasteiger partial charge in [-0.25, -0.2) is 0 Å². The second kappa shape index (κ2) is 6.69. The highest BCUT2D eigenvalue weighted by Crippen LogP contribution is 2.18. The van der Waals surface area contributed by atoms with Crippen molar-refractivity contribution in [1.29, 1.82) is 0 Å². The highest BCUT2D eigenvalue weighted by Gasteiger charge is 1.99. The molecule has 2 nitrogen and oxygen atoms in total. The molecule has 0 spiro atoms. The largest absolute Gasteiger partial charge is 0.252 e. The highest BCUT2D eigenvalue weighted by atomic mass is 35.5. The van der Waals surface area contributed by atoms with Crippen LogP contribution in [0.2, 0.25) is 10.0 Å². The number of halogens is 2. The van der Waals surface area contributed by atoms with Crippen LogP contribution in [0.1, 0.15) is 13.8 Å². The van der Waals surface area contributed by atoms with E-state index in [2.05, 4.69) is 9.98 Å². The number of hydrogen-bond acceptors (Lipinski definition) is 2. The molecule has 2 aromatic carbocycles. The molecule has 0 aromatic heterocycles. The summed E-state index contributed by atoms with van der Waals surface area (Å²) in [4.78, 5) is 9.03. The first-order valence-corrected chi connectivity index (χ1v) is 6.92. The summed E-state index contributed by atoms with van der Waals surface area (Å²) >= 11 is 11.7. The van der Waals surface area contributed by atoms with Crippen LogP contribution in [0.4, 0.5) is 11.4 Å². The second-order valence-electron chi connectivity index (χ2n) is 4.35. The van der Waals surface area contributed by atoms with Crippen LogP contribution in [-0.2, 0) is 0 Å². The summed E-state index contributed by atoms with van der Waals surface area (Å²) in [5, 5.41) is 1.40. The molecule has 0 aliphatic rings. The lowest BCUT2D eigenvalue weighted by molar-refractivity contribution is 1.47. The van der Waals surface area contributed by atoms with Crippen molar-refractivity contribution in [1.82, 2.24) is 0 Å². The van der Waals surface area contributed by atoms with Gasteiger partial charge in [-0.15, -0.1) is 0 Å². The van der Waals surface area contributed by atoms with Gasteiger partial charge in [-0.1, -0.05) is 23.2 Å². The summed E-state index contributed by atoms with van der Waals surface area (Å²) in [6.45, 7) is 3.87. The van der Waals surface area contributed by atoms with Crippen LogP contribution in [0.25, 0.3) is 0 Å². The van der Waals surface area contributed by atoms with Crippen molar-refractivity contribution >= 4 is 46.0 Å². The third-order valence-electron chi connectivity index (χ3n) is 2.77. The minimum atomic E-state index is 0.702. The number of aliphatic imine (C=N–C) groups is 2. The van der Waals surface area contributed by atoms with Crippen LogP contribution in [0.3, 0.4) is 0 Å². The van der Waals surface area contributed by atoms with Crippen molar-refractivity contribution in [2.45, 2.75) is 13.8 Å². The van der Waals surface area contributed by atoms with Crippen molar-refractivity contribution in [3.05, 3.63) is 58.6 Å². The molecule has 20 heavy (non-hydrogen) atoms. The number of benzene rings is 2. The predicted octanol–water partition coefficient (Wildman–Crippen LogP) is 5.88. The van der Waals surface area contributed by atoms with E-state index in [0.29, 0.717) is 10.0 Å². The van der Waals surface area contributed by atoms with E-state index in [1.54, 1.807) is 0 Å². The maximum Gasteiger partial charge on any atom is 0.0634 e. The Morgan fingerprint density at radius 3 is 1.25 bits per heavy atom. The van der Waals surface area contributed by atoms with Gasteiger partial charge in [-0.3, -0.25) is 9.98 Å². The van der Waals surface area contributed by atoms with E-state index in [0.717, 1.165) is 22.8 Å². The first kappa shape index (κ1) is 14.8. The molecule has 0 heterocycles. The molecule has 4 heteroatoms. The SMILES string of the molecule is CC(=Nc1ccc(Cl)cc1)C(C)=Nc1ccc(Cl)cc1. The van der Waals surface area contributed by atoms with E-state index >= 15 is 0 Å². The second-order valence-corrected chi connectivity index (χ2v) is 5.22. The van der Waals surface area contributed by atoms with E-state index < -0.39 is 0 Å². The van der Waals surface area contributed by atoms with Crippen LogP contribution < -0.4 is 0 Å². The van der Waals surface area contributed by atoms with Gasteiger partial charge in [-0.2, -0.15) is 0 Å². The molecule has 0 saturated heterocycles. The standard InChI is InChI=1S/C16H14Cl2N2/c1-11(19-15-7-3-13(17)4-8-15)12(2)20-16-9-5-14(18)6-10-16/h3-10H,1-2H3. The van der Waals surface area contributed by atoms with E-state index in [1.165, 1.54) is 0 Å². The summed E-state index contributed by atoms with van der Waals surface area (Å²) in [5.41, 5.74) is 3.44. The van der Waals surface area contributed by atoms with Crippen molar-refractivity contribution in [2.75, 3.05) is 0 Å². The van der Waals surface area contributed by atoms with E-state index in [1.807, 2.05) is 62.4 Å². The van der Waals surface area contributed by atoms with E-state index in [4.69, 9.17) is 23.2 Å². The molecule has 0 aliphatic carbocycles. The van der Waals surface area contributed by atoms with Gasteiger partial charge < -0.3 is 0 Å². The Hall–Kier alpha value is -1.64. The van der Waals surface area contributed by atoms with Crippen molar-refractivity contribution in [3.63, 3.8) is 0 Å². The van der Waals surface area contributed by atoms with Gasteiger partial charge in [0.2, 0.25) is 0 Å². The lowest BCUT2D eigenvalue weighted by atomic mass is 10.2. The zero-order valence-corrected chi connectivity index (χ0v) is 12.8. The molecule has 2 aromatic rings. The monoisotopic (exact) mass is 304 g/mol. The zero-order valence-electron chi connectivity index (χ0n) is 11.3. The Labute approximate surface area is 128 Å². The molecule has 0 atom stereocenters. The molecule has 0 radical (unpaired) electrons. The average molecular weight is 305 g/mol. The van der Waals surface area contributed by atoms with Crippen molar-refractivity contribution in [3.8, 4) is 0 Å². The van der Waals surface area contributed by atoms with Gasteiger partial charge in [0.05, 0.1) is 22.8 Å². The number of nitrogens with zero attached hydrogens (tertiary/aromatic N) is 2. The number of hydrogen-bond donors (Lipinski definition) is 0. The molecule has 2 rings (SSSR count). The molecular formula is C16H14Cl2N2. The third kappa shape index (κ3) is 4.19. The Bertz CT molecular complexity index is 582. The topological polar surface area (TPSA) is 24.7 Å². The van der Waals surface area contributed by atoms with Crippen molar-refractivity contribution in [2.24, 2.45) is 9.98 Å². The van der Waals surface area contributed by atoms with Gasteiger partial charge in [0.15, 0.2) is 0 Å². The summed E-state index contributed by atoms with van der Waals surface area (Å²) in [5.74, 6) is 0. The molecule has 0 bridgehead atoms. The molecule has 0 N–H and O–H groups in total. The Balaban J connectivity index is 2.21. The molecule has 102 valence electrons. The lowest BCUT2D eigenvalue weighted by Crippen LogP contribution is -2.04. The van der Waals surface area contributed by atoms with E-state index in [9.17, 15) is 0 Å². The molecule has 0 amide bonds. The van der Waals surface area contributed by atoms with Gasteiger partial charge in [0, 0.05) is 10.0 Å². The minimum Gasteiger partial charge on any atom is -0.252 e. The maximum atomic E-state index is 5.85.